The lowest BCUT2D eigenvalue weighted by molar-refractivity contribution is -0.253. The highest BCUT2D eigenvalue weighted by Gasteiger charge is 2.44. The van der Waals surface area contributed by atoms with Gasteiger partial charge in [0, 0.05) is 5.56 Å². The van der Waals surface area contributed by atoms with Crippen LogP contribution in [-0.4, -0.2) is 19.0 Å². The molecule has 0 saturated heterocycles. The normalized spacial score (nSPS) is 14.1. The maximum atomic E-state index is 12.7. The van der Waals surface area contributed by atoms with Crippen LogP contribution < -0.4 is 10.5 Å². The smallest absolute Gasteiger partial charge is 0.428 e. The Morgan fingerprint density at radius 1 is 1.06 bits per heavy atom. The minimum absolute atomic E-state index is 0.465. The molecule has 8 heteroatoms. The highest BCUT2D eigenvalue weighted by molar-refractivity contribution is 5.36. The van der Waals surface area contributed by atoms with E-state index in [-0.39, 0.29) is 0 Å². The van der Waals surface area contributed by atoms with E-state index in [9.17, 15) is 26.3 Å². The number of alkyl halides is 6. The van der Waals surface area contributed by atoms with Gasteiger partial charge in [0.15, 0.2) is 0 Å². The Morgan fingerprint density at radius 3 is 2.11 bits per heavy atom. The third kappa shape index (κ3) is 3.28. The fraction of sp³-hybridized carbons (Fsp3) is 0.400. The Labute approximate surface area is 98.3 Å². The van der Waals surface area contributed by atoms with E-state index in [1.807, 2.05) is 0 Å². The highest BCUT2D eigenvalue weighted by Crippen LogP contribution is 2.33. The summed E-state index contributed by atoms with van der Waals surface area (Å²) < 4.78 is 77.7. The van der Waals surface area contributed by atoms with Gasteiger partial charge in [-0.15, -0.1) is 0 Å². The van der Waals surface area contributed by atoms with Crippen molar-refractivity contribution in [3.63, 3.8) is 0 Å². The van der Waals surface area contributed by atoms with Gasteiger partial charge in [-0.1, -0.05) is 18.2 Å². The van der Waals surface area contributed by atoms with E-state index >= 15 is 0 Å². The lowest BCUT2D eigenvalue weighted by atomic mass is 10.1. The first kappa shape index (κ1) is 14.6. The molecule has 0 aliphatic rings. The van der Waals surface area contributed by atoms with Gasteiger partial charge in [0.05, 0.1) is 6.04 Å². The van der Waals surface area contributed by atoms with Crippen molar-refractivity contribution in [1.82, 2.24) is 0 Å². The molecule has 102 valence electrons. The first-order chi connectivity index (χ1) is 8.25. The summed E-state index contributed by atoms with van der Waals surface area (Å²) >= 11 is 0. The number of para-hydroxylation sites is 1. The first-order valence-corrected chi connectivity index (χ1v) is 4.73. The number of hydrogen-bond acceptors (Lipinski definition) is 2. The summed E-state index contributed by atoms with van der Waals surface area (Å²) in [6.45, 7) is 0. The number of halogens is 6. The molecule has 0 radical (unpaired) electrons. The van der Waals surface area contributed by atoms with Crippen molar-refractivity contribution in [2.24, 2.45) is 5.73 Å². The molecular weight excluding hydrogens is 264 g/mol. The molecule has 0 unspecified atom stereocenters. The van der Waals surface area contributed by atoms with Crippen molar-refractivity contribution in [3.05, 3.63) is 29.8 Å². The zero-order chi connectivity index (χ0) is 13.9. The second-order valence-corrected chi connectivity index (χ2v) is 3.36. The van der Waals surface area contributed by atoms with Gasteiger partial charge in [-0.2, -0.15) is 17.6 Å². The van der Waals surface area contributed by atoms with Crippen molar-refractivity contribution >= 4 is 0 Å². The number of hydrogen-bond donors (Lipinski definition) is 1. The molecule has 0 amide bonds. The summed E-state index contributed by atoms with van der Waals surface area (Å²) in [6, 6.07) is 2.42. The van der Waals surface area contributed by atoms with Gasteiger partial charge < -0.3 is 10.5 Å². The van der Waals surface area contributed by atoms with Crippen LogP contribution >= 0.6 is 0 Å². The third-order valence-corrected chi connectivity index (χ3v) is 2.05. The topological polar surface area (TPSA) is 35.2 Å². The third-order valence-electron chi connectivity index (χ3n) is 2.05. The van der Waals surface area contributed by atoms with Gasteiger partial charge in [-0.25, -0.2) is 8.78 Å². The molecule has 2 N–H and O–H groups in total. The average Bonchev–Trinajstić information content (AvgIpc) is 2.28. The molecule has 0 heterocycles. The zero-order valence-corrected chi connectivity index (χ0v) is 8.79. The molecule has 1 atom stereocenters. The summed E-state index contributed by atoms with van der Waals surface area (Å²) in [6.07, 6.45) is -11.9. The molecule has 0 spiro atoms. The van der Waals surface area contributed by atoms with Crippen molar-refractivity contribution in [2.45, 2.75) is 25.0 Å². The highest BCUT2D eigenvalue weighted by atomic mass is 19.3. The molecule has 1 aromatic carbocycles. The molecular formula is C10H9F6NO. The number of nitrogens with two attached hydrogens (primary N) is 1. The fourth-order valence-electron chi connectivity index (χ4n) is 1.18. The Morgan fingerprint density at radius 2 is 1.61 bits per heavy atom. The monoisotopic (exact) mass is 273 g/mol. The molecule has 0 aliphatic heterocycles. The minimum Gasteiger partial charge on any atom is -0.428 e. The van der Waals surface area contributed by atoms with Crippen LogP contribution in [0.3, 0.4) is 0 Å². The van der Waals surface area contributed by atoms with Gasteiger partial charge in [-0.05, 0) is 6.07 Å². The summed E-state index contributed by atoms with van der Waals surface area (Å²) in [5.41, 5.74) is 4.61. The van der Waals surface area contributed by atoms with Gasteiger partial charge in [0.1, 0.15) is 5.75 Å². The second-order valence-electron chi connectivity index (χ2n) is 3.36. The summed E-state index contributed by atoms with van der Waals surface area (Å²) in [5, 5.41) is 0. The molecule has 18 heavy (non-hydrogen) atoms. The van der Waals surface area contributed by atoms with Crippen LogP contribution in [0, 0.1) is 0 Å². The van der Waals surface area contributed by atoms with Crippen LogP contribution in [-0.2, 0) is 0 Å². The SMILES string of the molecule is N[C@H](c1ccccc1OC(F)(F)C(F)F)C(F)F. The van der Waals surface area contributed by atoms with Gasteiger partial charge in [0.25, 0.3) is 6.43 Å². The molecule has 2 nitrogen and oxygen atoms in total. The molecule has 0 aromatic heterocycles. The molecule has 1 rings (SSSR count). The minimum atomic E-state index is -4.77. The molecule has 0 bridgehead atoms. The van der Waals surface area contributed by atoms with Crippen molar-refractivity contribution in [3.8, 4) is 5.75 Å². The molecule has 0 fully saturated rings. The predicted octanol–water partition coefficient (Wildman–Crippen LogP) is 3.19. The van der Waals surface area contributed by atoms with Crippen molar-refractivity contribution in [2.75, 3.05) is 0 Å². The van der Waals surface area contributed by atoms with Gasteiger partial charge in [0.2, 0.25) is 0 Å². The van der Waals surface area contributed by atoms with Crippen LogP contribution in [0.15, 0.2) is 24.3 Å². The Bertz CT molecular complexity index is 398. The van der Waals surface area contributed by atoms with E-state index < -0.39 is 36.3 Å². The number of ether oxygens (including phenoxy) is 1. The molecule has 0 aliphatic carbocycles. The van der Waals surface area contributed by atoms with E-state index in [1.54, 1.807) is 0 Å². The molecule has 0 saturated carbocycles. The van der Waals surface area contributed by atoms with Crippen LogP contribution in [0.1, 0.15) is 11.6 Å². The van der Waals surface area contributed by atoms with Crippen LogP contribution in [0.5, 0.6) is 5.75 Å². The van der Waals surface area contributed by atoms with Crippen molar-refractivity contribution in [1.29, 1.82) is 0 Å². The van der Waals surface area contributed by atoms with Crippen LogP contribution in [0.2, 0.25) is 0 Å². The largest absolute Gasteiger partial charge is 0.461 e. The van der Waals surface area contributed by atoms with E-state index in [2.05, 4.69) is 4.74 Å². The summed E-state index contributed by atoms with van der Waals surface area (Å²) in [4.78, 5) is 0. The lowest BCUT2D eigenvalue weighted by Gasteiger charge is -2.21. The number of rotatable bonds is 5. The zero-order valence-electron chi connectivity index (χ0n) is 8.79. The Hall–Kier alpha value is -1.44. The summed E-state index contributed by atoms with van der Waals surface area (Å²) in [5.74, 6) is -0.796. The Kier molecular flexibility index (Phi) is 4.44. The molecule has 1 aromatic rings. The quantitative estimate of drug-likeness (QED) is 0.836. The standard InChI is InChI=1S/C10H9F6NO/c11-8(12)7(17)5-3-1-2-4-6(5)18-10(15,16)9(13)14/h1-4,7-9H,17H2/t7-/m1/s1. The van der Waals surface area contributed by atoms with Crippen LogP contribution in [0.4, 0.5) is 26.3 Å². The second kappa shape index (κ2) is 5.47. The first-order valence-electron chi connectivity index (χ1n) is 4.73. The van der Waals surface area contributed by atoms with E-state index in [1.165, 1.54) is 12.1 Å². The van der Waals surface area contributed by atoms with E-state index in [4.69, 9.17) is 5.73 Å². The maximum Gasteiger partial charge on any atom is 0.461 e. The average molecular weight is 273 g/mol. The van der Waals surface area contributed by atoms with Gasteiger partial charge in [-0.3, -0.25) is 0 Å². The van der Waals surface area contributed by atoms with Gasteiger partial charge >= 0.3 is 12.5 Å². The summed E-state index contributed by atoms with van der Waals surface area (Å²) in [7, 11) is 0. The maximum absolute atomic E-state index is 12.7. The van der Waals surface area contributed by atoms with Crippen molar-refractivity contribution < 1.29 is 31.1 Å². The van der Waals surface area contributed by atoms with Crippen LogP contribution in [0.25, 0.3) is 0 Å². The van der Waals surface area contributed by atoms with E-state index in [0.717, 1.165) is 12.1 Å². The lowest BCUT2D eigenvalue weighted by Crippen LogP contribution is -2.34. The number of benzene rings is 1. The predicted molar refractivity (Wildman–Crippen MR) is 51.0 cm³/mol. The van der Waals surface area contributed by atoms with E-state index in [0.29, 0.717) is 0 Å². The Balaban J connectivity index is 3.03. The fourth-order valence-corrected chi connectivity index (χ4v) is 1.18.